The Morgan fingerprint density at radius 1 is 1.19 bits per heavy atom. The summed E-state index contributed by atoms with van der Waals surface area (Å²) >= 11 is 5.70. The zero-order chi connectivity index (χ0) is 21.6. The molecule has 4 aromatic rings. The molecule has 4 rings (SSSR count). The van der Waals surface area contributed by atoms with Gasteiger partial charge in [-0.15, -0.1) is 11.6 Å². The lowest BCUT2D eigenvalue weighted by Crippen LogP contribution is -1.99. The number of benzene rings is 2. The predicted molar refractivity (Wildman–Crippen MR) is 127 cm³/mol. The molecule has 5 nitrogen and oxygen atoms in total. The molecule has 0 aliphatic carbocycles. The second kappa shape index (κ2) is 9.38. The van der Waals surface area contributed by atoms with Gasteiger partial charge in [-0.1, -0.05) is 24.3 Å². The highest BCUT2D eigenvalue weighted by atomic mass is 35.5. The molecule has 0 fully saturated rings. The number of anilines is 2. The highest BCUT2D eigenvalue weighted by Gasteiger charge is 2.11. The van der Waals surface area contributed by atoms with Crippen molar-refractivity contribution in [2.75, 3.05) is 17.8 Å². The quantitative estimate of drug-likeness (QED) is 0.340. The third-order valence-corrected chi connectivity index (χ3v) is 5.17. The fourth-order valence-corrected chi connectivity index (χ4v) is 3.51. The molecule has 2 N–H and O–H groups in total. The first-order valence-electron chi connectivity index (χ1n) is 9.88. The van der Waals surface area contributed by atoms with Gasteiger partial charge in [0.2, 0.25) is 0 Å². The van der Waals surface area contributed by atoms with E-state index < -0.39 is 0 Å². The normalized spacial score (nSPS) is 11.0. The van der Waals surface area contributed by atoms with E-state index in [9.17, 15) is 5.26 Å². The van der Waals surface area contributed by atoms with Crippen LogP contribution in [0.25, 0.3) is 23.1 Å². The number of rotatable bonds is 7. The number of nitrogens with zero attached hydrogens (tertiary/aromatic N) is 2. The lowest BCUT2D eigenvalue weighted by Gasteiger charge is -2.14. The minimum absolute atomic E-state index is 0.440. The Bertz CT molecular complexity index is 1290. The molecule has 0 spiro atoms. The summed E-state index contributed by atoms with van der Waals surface area (Å²) in [6.45, 7) is 2.52. The van der Waals surface area contributed by atoms with Crippen molar-refractivity contribution in [3.63, 3.8) is 0 Å². The van der Waals surface area contributed by atoms with Crippen molar-refractivity contribution in [3.05, 3.63) is 83.3 Å². The van der Waals surface area contributed by atoms with E-state index in [1.54, 1.807) is 12.4 Å². The standard InChI is InChI=1S/C25H21ClN4O/c1-17-22-9-11-29-24(22)8-7-23(17)30-25-19(15-28-16-20(25)14-27)6-5-18-3-2-4-21(13-18)31-12-10-26/h2-9,11,13,15-16,29H,10,12H2,1H3,(H,28,30)/b6-5+. The van der Waals surface area contributed by atoms with Crippen LogP contribution in [0.2, 0.25) is 0 Å². The van der Waals surface area contributed by atoms with Gasteiger partial charge >= 0.3 is 0 Å². The molecule has 31 heavy (non-hydrogen) atoms. The maximum atomic E-state index is 9.65. The molecule has 0 saturated heterocycles. The van der Waals surface area contributed by atoms with E-state index >= 15 is 0 Å². The number of halogens is 1. The van der Waals surface area contributed by atoms with Gasteiger partial charge in [0.1, 0.15) is 18.4 Å². The Balaban J connectivity index is 1.67. The van der Waals surface area contributed by atoms with E-state index in [1.807, 2.05) is 60.8 Å². The Labute approximate surface area is 186 Å². The van der Waals surface area contributed by atoms with Crippen molar-refractivity contribution in [1.82, 2.24) is 9.97 Å². The van der Waals surface area contributed by atoms with Crippen molar-refractivity contribution in [1.29, 1.82) is 5.26 Å². The van der Waals surface area contributed by atoms with E-state index in [1.165, 1.54) is 0 Å². The van der Waals surface area contributed by atoms with Crippen molar-refractivity contribution in [2.45, 2.75) is 6.92 Å². The molecule has 2 heterocycles. The number of nitriles is 1. The Morgan fingerprint density at radius 2 is 2.10 bits per heavy atom. The predicted octanol–water partition coefficient (Wildman–Crippen LogP) is 6.27. The van der Waals surface area contributed by atoms with E-state index in [2.05, 4.69) is 28.3 Å². The van der Waals surface area contributed by atoms with E-state index in [4.69, 9.17) is 16.3 Å². The van der Waals surface area contributed by atoms with Gasteiger partial charge in [0.25, 0.3) is 0 Å². The minimum Gasteiger partial charge on any atom is -0.492 e. The number of aryl methyl sites for hydroxylation is 1. The monoisotopic (exact) mass is 428 g/mol. The Hall–Kier alpha value is -3.75. The van der Waals surface area contributed by atoms with Gasteiger partial charge in [-0.3, -0.25) is 4.98 Å². The van der Waals surface area contributed by atoms with Crippen LogP contribution in [0.1, 0.15) is 22.3 Å². The van der Waals surface area contributed by atoms with Gasteiger partial charge < -0.3 is 15.0 Å². The number of nitrogens with one attached hydrogen (secondary N) is 2. The summed E-state index contributed by atoms with van der Waals surface area (Å²) in [4.78, 5) is 7.46. The van der Waals surface area contributed by atoms with Crippen molar-refractivity contribution in [3.8, 4) is 11.8 Å². The zero-order valence-corrected chi connectivity index (χ0v) is 17.8. The first-order valence-corrected chi connectivity index (χ1v) is 10.4. The maximum absolute atomic E-state index is 9.65. The van der Waals surface area contributed by atoms with Crippen molar-refractivity contribution < 1.29 is 4.74 Å². The second-order valence-corrected chi connectivity index (χ2v) is 7.39. The summed E-state index contributed by atoms with van der Waals surface area (Å²) < 4.78 is 5.59. The zero-order valence-electron chi connectivity index (χ0n) is 17.0. The van der Waals surface area contributed by atoms with Crippen LogP contribution >= 0.6 is 11.6 Å². The molecular formula is C25H21ClN4O. The smallest absolute Gasteiger partial charge is 0.119 e. The summed E-state index contributed by atoms with van der Waals surface area (Å²) in [6, 6.07) is 16.1. The average Bonchev–Trinajstić information content (AvgIpc) is 3.28. The van der Waals surface area contributed by atoms with Gasteiger partial charge in [-0.25, -0.2) is 0 Å². The van der Waals surface area contributed by atoms with Gasteiger partial charge in [0, 0.05) is 40.7 Å². The number of aromatic amines is 1. The van der Waals surface area contributed by atoms with Crippen molar-refractivity contribution in [2.24, 2.45) is 0 Å². The molecule has 154 valence electrons. The second-order valence-electron chi connectivity index (χ2n) is 7.01. The third-order valence-electron chi connectivity index (χ3n) is 5.02. The molecule has 0 atom stereocenters. The largest absolute Gasteiger partial charge is 0.492 e. The molecule has 2 aromatic carbocycles. The maximum Gasteiger partial charge on any atom is 0.119 e. The number of fused-ring (bicyclic) bond motifs is 1. The molecule has 6 heteroatoms. The lowest BCUT2D eigenvalue weighted by atomic mass is 10.1. The number of alkyl halides is 1. The van der Waals surface area contributed by atoms with E-state index in [-0.39, 0.29) is 0 Å². The van der Waals surface area contributed by atoms with E-state index in [0.717, 1.165) is 44.7 Å². The first-order chi connectivity index (χ1) is 15.2. The Morgan fingerprint density at radius 3 is 2.94 bits per heavy atom. The molecule has 0 radical (unpaired) electrons. The summed E-state index contributed by atoms with van der Waals surface area (Å²) in [7, 11) is 0. The summed E-state index contributed by atoms with van der Waals surface area (Å²) in [6.07, 6.45) is 9.16. The van der Waals surface area contributed by atoms with Crippen LogP contribution in [0.4, 0.5) is 11.4 Å². The topological polar surface area (TPSA) is 73.7 Å². The van der Waals surface area contributed by atoms with Crippen LogP contribution in [0.5, 0.6) is 5.75 Å². The molecule has 0 bridgehead atoms. The SMILES string of the molecule is Cc1c(Nc2c(C#N)cncc2/C=C/c2cccc(OCCCl)c2)ccc2[nH]ccc12. The number of aromatic nitrogens is 2. The van der Waals surface area contributed by atoms with Crippen LogP contribution in [0.15, 0.2) is 61.1 Å². The first kappa shape index (κ1) is 20.5. The molecule has 0 amide bonds. The van der Waals surface area contributed by atoms with Crippen LogP contribution < -0.4 is 10.1 Å². The van der Waals surface area contributed by atoms with Gasteiger partial charge in [0.05, 0.1) is 17.1 Å². The van der Waals surface area contributed by atoms with Crippen LogP contribution in [0.3, 0.4) is 0 Å². The van der Waals surface area contributed by atoms with Crippen molar-refractivity contribution >= 4 is 46.0 Å². The molecule has 0 unspecified atom stereocenters. The lowest BCUT2D eigenvalue weighted by molar-refractivity contribution is 0.343. The number of hydrogen-bond acceptors (Lipinski definition) is 4. The summed E-state index contributed by atoms with van der Waals surface area (Å²) in [5, 5.41) is 14.2. The molecule has 0 saturated carbocycles. The summed E-state index contributed by atoms with van der Waals surface area (Å²) in [5.41, 5.74) is 6.13. The highest BCUT2D eigenvalue weighted by Crippen LogP contribution is 2.31. The number of hydrogen-bond donors (Lipinski definition) is 2. The Kier molecular flexibility index (Phi) is 6.21. The van der Waals surface area contributed by atoms with Gasteiger partial charge in [-0.2, -0.15) is 5.26 Å². The molecular weight excluding hydrogens is 408 g/mol. The molecule has 0 aliphatic heterocycles. The van der Waals surface area contributed by atoms with E-state index in [0.29, 0.717) is 18.1 Å². The average molecular weight is 429 g/mol. The third kappa shape index (κ3) is 4.55. The number of pyridine rings is 1. The highest BCUT2D eigenvalue weighted by molar-refractivity contribution is 6.18. The van der Waals surface area contributed by atoms with Crippen LogP contribution in [-0.4, -0.2) is 22.5 Å². The molecule has 0 aliphatic rings. The minimum atomic E-state index is 0.440. The van der Waals surface area contributed by atoms with Gasteiger partial charge in [-0.05, 0) is 48.4 Å². The van der Waals surface area contributed by atoms with Crippen LogP contribution in [-0.2, 0) is 0 Å². The van der Waals surface area contributed by atoms with Gasteiger partial charge in [0.15, 0.2) is 0 Å². The molecule has 2 aromatic heterocycles. The fourth-order valence-electron chi connectivity index (χ4n) is 3.43. The number of H-pyrrole nitrogens is 1. The van der Waals surface area contributed by atoms with Crippen LogP contribution in [0, 0.1) is 18.3 Å². The summed E-state index contributed by atoms with van der Waals surface area (Å²) in [5.74, 6) is 1.20. The fraction of sp³-hybridized carbons (Fsp3) is 0.120. The number of ether oxygens (including phenoxy) is 1.